The van der Waals surface area contributed by atoms with Gasteiger partial charge in [0, 0.05) is 6.54 Å². The van der Waals surface area contributed by atoms with E-state index < -0.39 is 16.0 Å². The lowest BCUT2D eigenvalue weighted by molar-refractivity contribution is -0.136. The van der Waals surface area contributed by atoms with Crippen molar-refractivity contribution in [3.8, 4) is 0 Å². The number of hydrogen-bond acceptors (Lipinski definition) is 4. The van der Waals surface area contributed by atoms with E-state index in [1.54, 1.807) is 0 Å². The molecule has 0 radical (unpaired) electrons. The topological polar surface area (TPSA) is 96.6 Å². The molecule has 0 aliphatic rings. The molecule has 0 saturated carbocycles. The van der Waals surface area contributed by atoms with Crippen LogP contribution in [0.4, 0.5) is 0 Å². The summed E-state index contributed by atoms with van der Waals surface area (Å²) in [4.78, 5) is 10.2. The predicted molar refractivity (Wildman–Crippen MR) is 53.8 cm³/mol. The lowest BCUT2D eigenvalue weighted by atomic mass is 10.5. The standard InChI is InChI=1S/C7H8BrNO5S/c8-5-2-4-14-7(5)15(12,13)9-3-1-6(10)11/h2,4,9H,1,3H2,(H,10,11). The Bertz CT molecular complexity index is 452. The highest BCUT2D eigenvalue weighted by atomic mass is 79.9. The van der Waals surface area contributed by atoms with Gasteiger partial charge < -0.3 is 9.52 Å². The molecular formula is C7H8BrNO5S. The molecule has 0 fully saturated rings. The molecule has 0 aliphatic carbocycles. The van der Waals surface area contributed by atoms with E-state index in [0.717, 1.165) is 0 Å². The van der Waals surface area contributed by atoms with Crippen LogP contribution in [0.15, 0.2) is 26.3 Å². The molecule has 15 heavy (non-hydrogen) atoms. The third kappa shape index (κ3) is 3.33. The average molecular weight is 298 g/mol. The number of sulfonamides is 1. The van der Waals surface area contributed by atoms with Crippen LogP contribution in [-0.4, -0.2) is 26.0 Å². The Morgan fingerprint density at radius 2 is 2.27 bits per heavy atom. The fourth-order valence-electron chi connectivity index (χ4n) is 0.829. The first-order chi connectivity index (χ1) is 6.93. The van der Waals surface area contributed by atoms with Gasteiger partial charge in [0.15, 0.2) is 0 Å². The van der Waals surface area contributed by atoms with Gasteiger partial charge in [0.1, 0.15) is 0 Å². The van der Waals surface area contributed by atoms with Crippen LogP contribution >= 0.6 is 15.9 Å². The van der Waals surface area contributed by atoms with Crippen LogP contribution in [-0.2, 0) is 14.8 Å². The van der Waals surface area contributed by atoms with Crippen molar-refractivity contribution in [3.05, 3.63) is 16.8 Å². The van der Waals surface area contributed by atoms with Gasteiger partial charge in [-0.2, -0.15) is 0 Å². The number of hydrogen-bond donors (Lipinski definition) is 2. The van der Waals surface area contributed by atoms with Crippen molar-refractivity contribution in [2.45, 2.75) is 11.5 Å². The van der Waals surface area contributed by atoms with E-state index in [1.165, 1.54) is 12.3 Å². The van der Waals surface area contributed by atoms with Crippen molar-refractivity contribution in [2.24, 2.45) is 0 Å². The fraction of sp³-hybridized carbons (Fsp3) is 0.286. The molecule has 1 rings (SSSR count). The summed E-state index contributed by atoms with van der Waals surface area (Å²) in [7, 11) is -3.77. The smallest absolute Gasteiger partial charge is 0.304 e. The van der Waals surface area contributed by atoms with Gasteiger partial charge in [0.2, 0.25) is 5.09 Å². The first-order valence-corrected chi connectivity index (χ1v) is 6.15. The lowest BCUT2D eigenvalue weighted by Gasteiger charge is -2.02. The quantitative estimate of drug-likeness (QED) is 0.838. The second-order valence-electron chi connectivity index (χ2n) is 2.60. The van der Waals surface area contributed by atoms with E-state index in [0.29, 0.717) is 4.47 Å². The number of aliphatic carboxylic acids is 1. The minimum Gasteiger partial charge on any atom is -0.481 e. The maximum absolute atomic E-state index is 11.5. The Balaban J connectivity index is 2.69. The number of rotatable bonds is 5. The minimum absolute atomic E-state index is 0.176. The number of carbonyl (C=O) groups is 1. The molecule has 8 heteroatoms. The van der Waals surface area contributed by atoms with Gasteiger partial charge in [-0.1, -0.05) is 0 Å². The van der Waals surface area contributed by atoms with E-state index in [4.69, 9.17) is 9.52 Å². The first-order valence-electron chi connectivity index (χ1n) is 3.88. The van der Waals surface area contributed by atoms with Crippen molar-refractivity contribution < 1.29 is 22.7 Å². The summed E-state index contributed by atoms with van der Waals surface area (Å²) in [5.41, 5.74) is 0. The van der Waals surface area contributed by atoms with Gasteiger partial charge in [-0.25, -0.2) is 13.1 Å². The van der Waals surface area contributed by atoms with Crippen molar-refractivity contribution in [1.29, 1.82) is 0 Å². The van der Waals surface area contributed by atoms with Crippen LogP contribution in [0.5, 0.6) is 0 Å². The molecule has 0 saturated heterocycles. The monoisotopic (exact) mass is 297 g/mol. The van der Waals surface area contributed by atoms with Gasteiger partial charge >= 0.3 is 5.97 Å². The highest BCUT2D eigenvalue weighted by Crippen LogP contribution is 2.22. The van der Waals surface area contributed by atoms with Crippen LogP contribution in [0, 0.1) is 0 Å². The summed E-state index contributed by atoms with van der Waals surface area (Å²) in [6.07, 6.45) is 0.938. The zero-order valence-corrected chi connectivity index (χ0v) is 9.84. The van der Waals surface area contributed by atoms with E-state index >= 15 is 0 Å². The Labute approximate surface area is 94.5 Å². The van der Waals surface area contributed by atoms with Crippen LogP contribution in [0.1, 0.15) is 6.42 Å². The summed E-state index contributed by atoms with van der Waals surface area (Å²) in [6.45, 7) is -0.176. The number of carboxylic acids is 1. The molecule has 0 amide bonds. The van der Waals surface area contributed by atoms with Crippen LogP contribution in [0.3, 0.4) is 0 Å². The zero-order chi connectivity index (χ0) is 11.5. The third-order valence-corrected chi connectivity index (χ3v) is 3.73. The molecule has 0 spiro atoms. The summed E-state index contributed by atoms with van der Waals surface area (Å²) in [6, 6.07) is 1.44. The second-order valence-corrected chi connectivity index (χ2v) is 5.12. The molecular weight excluding hydrogens is 290 g/mol. The molecule has 0 aromatic carbocycles. The largest absolute Gasteiger partial charge is 0.481 e. The number of furan rings is 1. The number of nitrogens with one attached hydrogen (secondary N) is 1. The van der Waals surface area contributed by atoms with Gasteiger partial charge in [0.05, 0.1) is 17.2 Å². The molecule has 0 atom stereocenters. The summed E-state index contributed by atoms with van der Waals surface area (Å²) < 4.78 is 30.1. The van der Waals surface area contributed by atoms with Crippen LogP contribution in [0.2, 0.25) is 0 Å². The number of carboxylic acid groups (broad SMARTS) is 1. The van der Waals surface area contributed by atoms with Crippen molar-refractivity contribution in [3.63, 3.8) is 0 Å². The summed E-state index contributed by atoms with van der Waals surface area (Å²) in [5, 5.41) is 8.07. The van der Waals surface area contributed by atoms with Crippen molar-refractivity contribution in [1.82, 2.24) is 4.72 Å². The molecule has 0 bridgehead atoms. The zero-order valence-electron chi connectivity index (χ0n) is 7.44. The summed E-state index contributed by atoms with van der Waals surface area (Å²) >= 11 is 2.99. The second kappa shape index (κ2) is 4.77. The lowest BCUT2D eigenvalue weighted by Crippen LogP contribution is -2.26. The molecule has 1 aromatic rings. The molecule has 0 aliphatic heterocycles. The van der Waals surface area contributed by atoms with E-state index in [1.807, 2.05) is 0 Å². The van der Waals surface area contributed by atoms with Gasteiger partial charge in [-0.3, -0.25) is 4.79 Å². The summed E-state index contributed by atoms with van der Waals surface area (Å²) in [5.74, 6) is -1.07. The highest BCUT2D eigenvalue weighted by molar-refractivity contribution is 9.10. The Kier molecular flexibility index (Phi) is 3.89. The maximum Gasteiger partial charge on any atom is 0.304 e. The number of halogens is 1. The third-order valence-electron chi connectivity index (χ3n) is 1.46. The molecule has 6 nitrogen and oxygen atoms in total. The molecule has 1 heterocycles. The first kappa shape index (κ1) is 12.2. The van der Waals surface area contributed by atoms with E-state index in [2.05, 4.69) is 20.7 Å². The molecule has 84 valence electrons. The Hall–Kier alpha value is -0.860. The fourth-order valence-corrected chi connectivity index (χ4v) is 2.68. The molecule has 2 N–H and O–H groups in total. The SMILES string of the molecule is O=C(O)CCNS(=O)(=O)c1occc1Br. The normalized spacial score (nSPS) is 11.5. The van der Waals surface area contributed by atoms with Crippen molar-refractivity contribution >= 4 is 31.9 Å². The van der Waals surface area contributed by atoms with Crippen LogP contribution in [0.25, 0.3) is 0 Å². The van der Waals surface area contributed by atoms with E-state index in [9.17, 15) is 13.2 Å². The minimum atomic E-state index is -3.77. The molecule has 1 aromatic heterocycles. The van der Waals surface area contributed by atoms with Gasteiger partial charge in [-0.05, 0) is 22.0 Å². The Morgan fingerprint density at radius 1 is 1.60 bits per heavy atom. The van der Waals surface area contributed by atoms with Gasteiger partial charge in [-0.15, -0.1) is 0 Å². The van der Waals surface area contributed by atoms with Gasteiger partial charge in [0.25, 0.3) is 10.0 Å². The average Bonchev–Trinajstić information content (AvgIpc) is 2.50. The maximum atomic E-state index is 11.5. The molecule has 0 unspecified atom stereocenters. The highest BCUT2D eigenvalue weighted by Gasteiger charge is 2.20. The van der Waals surface area contributed by atoms with Crippen molar-refractivity contribution in [2.75, 3.05) is 6.54 Å². The van der Waals surface area contributed by atoms with Crippen LogP contribution < -0.4 is 4.72 Å². The Morgan fingerprint density at radius 3 is 2.73 bits per heavy atom. The van der Waals surface area contributed by atoms with E-state index in [-0.39, 0.29) is 18.1 Å². The predicted octanol–water partition coefficient (Wildman–Crippen LogP) is 0.795.